The van der Waals surface area contributed by atoms with Crippen LogP contribution in [0.25, 0.3) is 5.57 Å². The molecule has 3 heteroatoms. The smallest absolute Gasteiger partial charge is 0.237 e. The van der Waals surface area contributed by atoms with Gasteiger partial charge in [-0.3, -0.25) is 9.69 Å². The molecule has 0 bridgehead atoms. The van der Waals surface area contributed by atoms with Gasteiger partial charge in [-0.15, -0.1) is 0 Å². The van der Waals surface area contributed by atoms with E-state index in [0.717, 1.165) is 63.8 Å². The van der Waals surface area contributed by atoms with Gasteiger partial charge in [0, 0.05) is 25.8 Å². The average molecular weight is 401 g/mol. The molecule has 0 fully saturated rings. The Bertz CT molecular complexity index is 964. The summed E-state index contributed by atoms with van der Waals surface area (Å²) in [6.45, 7) is 3.32. The first-order valence-corrected chi connectivity index (χ1v) is 11.6. The third-order valence-electron chi connectivity index (χ3n) is 7.50. The molecule has 0 saturated carbocycles. The lowest BCUT2D eigenvalue weighted by molar-refractivity contribution is -0.123. The van der Waals surface area contributed by atoms with E-state index in [0.29, 0.717) is 5.91 Å². The van der Waals surface area contributed by atoms with Crippen LogP contribution in [0.2, 0.25) is 0 Å². The number of nitrogens with zero attached hydrogens (tertiary/aromatic N) is 2. The van der Waals surface area contributed by atoms with E-state index in [-0.39, 0.29) is 5.41 Å². The topological polar surface area (TPSA) is 23.6 Å². The number of rotatable bonds is 6. The fourth-order valence-corrected chi connectivity index (χ4v) is 5.92. The summed E-state index contributed by atoms with van der Waals surface area (Å²) in [4.78, 5) is 17.8. The van der Waals surface area contributed by atoms with Gasteiger partial charge in [-0.25, -0.2) is 0 Å². The Balaban J connectivity index is 1.19. The number of benzene rings is 2. The molecule has 2 heterocycles. The molecule has 0 spiro atoms. The van der Waals surface area contributed by atoms with Crippen LogP contribution in [0.4, 0.5) is 5.69 Å². The highest BCUT2D eigenvalue weighted by molar-refractivity contribution is 6.08. The summed E-state index contributed by atoms with van der Waals surface area (Å²) in [5.41, 5.74) is 6.53. The van der Waals surface area contributed by atoms with E-state index in [2.05, 4.69) is 59.5 Å². The van der Waals surface area contributed by atoms with Crippen LogP contribution in [-0.2, 0) is 16.6 Å². The van der Waals surface area contributed by atoms with E-state index >= 15 is 0 Å². The molecular weight excluding hydrogens is 368 g/mol. The molecule has 3 nitrogen and oxygen atoms in total. The van der Waals surface area contributed by atoms with Gasteiger partial charge in [0.05, 0.1) is 5.41 Å². The number of anilines is 1. The molecule has 0 N–H and O–H groups in total. The van der Waals surface area contributed by atoms with Gasteiger partial charge in [0.1, 0.15) is 0 Å². The number of carbonyl (C=O) groups is 1. The molecule has 156 valence electrons. The van der Waals surface area contributed by atoms with Gasteiger partial charge < -0.3 is 4.90 Å². The SMILES string of the molecule is CN1C(=O)C2(CCCCN3CC=C(c4ccccc4)CC3)CCCc3cccc1c32. The van der Waals surface area contributed by atoms with Crippen molar-refractivity contribution in [2.75, 3.05) is 31.6 Å². The van der Waals surface area contributed by atoms with Crippen LogP contribution in [-0.4, -0.2) is 37.5 Å². The second-order valence-electron chi connectivity index (χ2n) is 9.21. The van der Waals surface area contributed by atoms with E-state index in [1.54, 1.807) is 0 Å². The second-order valence-corrected chi connectivity index (χ2v) is 9.21. The Hall–Kier alpha value is -2.39. The molecule has 30 heavy (non-hydrogen) atoms. The molecule has 1 atom stereocenters. The molecule has 3 aliphatic rings. The zero-order valence-electron chi connectivity index (χ0n) is 18.1. The molecule has 2 aromatic rings. The molecule has 2 aliphatic heterocycles. The van der Waals surface area contributed by atoms with Gasteiger partial charge in [-0.05, 0) is 73.4 Å². The summed E-state index contributed by atoms with van der Waals surface area (Å²) in [7, 11) is 1.96. The summed E-state index contributed by atoms with van der Waals surface area (Å²) in [6, 6.07) is 17.3. The summed E-state index contributed by atoms with van der Waals surface area (Å²) >= 11 is 0. The Morgan fingerprint density at radius 3 is 2.67 bits per heavy atom. The molecule has 1 amide bonds. The van der Waals surface area contributed by atoms with Crippen molar-refractivity contribution in [3.05, 3.63) is 71.3 Å². The fraction of sp³-hybridized carbons (Fsp3) is 0.444. The first-order chi connectivity index (χ1) is 14.7. The molecule has 2 aromatic carbocycles. The highest BCUT2D eigenvalue weighted by Crippen LogP contribution is 2.51. The fourth-order valence-electron chi connectivity index (χ4n) is 5.92. The van der Waals surface area contributed by atoms with Crippen molar-refractivity contribution < 1.29 is 4.79 Å². The molecule has 1 aliphatic carbocycles. The van der Waals surface area contributed by atoms with Gasteiger partial charge in [0.15, 0.2) is 0 Å². The Morgan fingerprint density at radius 1 is 1.00 bits per heavy atom. The van der Waals surface area contributed by atoms with Crippen molar-refractivity contribution in [1.29, 1.82) is 0 Å². The van der Waals surface area contributed by atoms with Crippen LogP contribution in [0.5, 0.6) is 0 Å². The van der Waals surface area contributed by atoms with Gasteiger partial charge >= 0.3 is 0 Å². The Labute approximate surface area is 180 Å². The van der Waals surface area contributed by atoms with E-state index in [9.17, 15) is 4.79 Å². The lowest BCUT2D eigenvalue weighted by Gasteiger charge is -2.34. The second kappa shape index (κ2) is 8.03. The Kier molecular flexibility index (Phi) is 5.24. The predicted octanol–water partition coefficient (Wildman–Crippen LogP) is 5.20. The lowest BCUT2D eigenvalue weighted by Crippen LogP contribution is -2.40. The lowest BCUT2D eigenvalue weighted by atomic mass is 9.68. The monoisotopic (exact) mass is 400 g/mol. The number of aryl methyl sites for hydroxylation is 1. The van der Waals surface area contributed by atoms with Gasteiger partial charge in [-0.2, -0.15) is 0 Å². The van der Waals surface area contributed by atoms with Crippen molar-refractivity contribution in [3.8, 4) is 0 Å². The molecule has 5 rings (SSSR count). The minimum absolute atomic E-state index is 0.249. The molecule has 0 aromatic heterocycles. The Morgan fingerprint density at radius 2 is 1.87 bits per heavy atom. The van der Waals surface area contributed by atoms with Crippen molar-refractivity contribution in [1.82, 2.24) is 4.90 Å². The molecular formula is C27H32N2O. The van der Waals surface area contributed by atoms with E-state index in [4.69, 9.17) is 0 Å². The van der Waals surface area contributed by atoms with Crippen LogP contribution in [0.3, 0.4) is 0 Å². The predicted molar refractivity (Wildman–Crippen MR) is 124 cm³/mol. The number of hydrogen-bond donors (Lipinski definition) is 0. The maximum Gasteiger partial charge on any atom is 0.237 e. The number of amides is 1. The summed E-state index contributed by atoms with van der Waals surface area (Å²) in [6.07, 6.45) is 10.1. The van der Waals surface area contributed by atoms with E-state index in [1.165, 1.54) is 28.7 Å². The third-order valence-corrected chi connectivity index (χ3v) is 7.50. The zero-order chi connectivity index (χ0) is 20.6. The molecule has 0 saturated heterocycles. The highest BCUT2D eigenvalue weighted by atomic mass is 16.2. The number of carbonyl (C=O) groups excluding carboxylic acids is 1. The average Bonchev–Trinajstić information content (AvgIpc) is 3.02. The van der Waals surface area contributed by atoms with Gasteiger partial charge in [0.25, 0.3) is 0 Å². The minimum atomic E-state index is -0.249. The largest absolute Gasteiger partial charge is 0.314 e. The van der Waals surface area contributed by atoms with E-state index in [1.807, 2.05) is 11.9 Å². The standard InChI is InChI=1S/C27H32N2O/c1-28-24-13-7-11-23-12-8-17-27(25(23)24,26(28)30)16-5-6-18-29-19-14-22(15-20-29)21-9-3-2-4-10-21/h2-4,7,9-11,13-14H,5-6,8,12,15-20H2,1H3. The van der Waals surface area contributed by atoms with Crippen molar-refractivity contribution in [2.24, 2.45) is 0 Å². The van der Waals surface area contributed by atoms with Crippen LogP contribution < -0.4 is 4.90 Å². The first-order valence-electron chi connectivity index (χ1n) is 11.6. The zero-order valence-corrected chi connectivity index (χ0v) is 18.1. The van der Waals surface area contributed by atoms with Crippen LogP contribution in [0.15, 0.2) is 54.6 Å². The van der Waals surface area contributed by atoms with Crippen LogP contribution >= 0.6 is 0 Å². The highest BCUT2D eigenvalue weighted by Gasteiger charge is 2.51. The first kappa shape index (κ1) is 19.6. The molecule has 1 unspecified atom stereocenters. The van der Waals surface area contributed by atoms with Crippen LogP contribution in [0.1, 0.15) is 55.2 Å². The number of hydrogen-bond acceptors (Lipinski definition) is 2. The third kappa shape index (κ3) is 3.30. The normalized spacial score (nSPS) is 23.4. The number of unbranched alkanes of at least 4 members (excludes halogenated alkanes) is 1. The quantitative estimate of drug-likeness (QED) is 0.623. The maximum atomic E-state index is 13.3. The van der Waals surface area contributed by atoms with E-state index < -0.39 is 0 Å². The summed E-state index contributed by atoms with van der Waals surface area (Å²) in [5.74, 6) is 0.332. The maximum absolute atomic E-state index is 13.3. The van der Waals surface area contributed by atoms with Crippen molar-refractivity contribution in [3.63, 3.8) is 0 Å². The van der Waals surface area contributed by atoms with Gasteiger partial charge in [0.2, 0.25) is 5.91 Å². The summed E-state index contributed by atoms with van der Waals surface area (Å²) < 4.78 is 0. The van der Waals surface area contributed by atoms with Crippen molar-refractivity contribution >= 4 is 17.2 Å². The minimum Gasteiger partial charge on any atom is -0.314 e. The van der Waals surface area contributed by atoms with Gasteiger partial charge in [-0.1, -0.05) is 55.0 Å². The molecule has 0 radical (unpaired) electrons. The van der Waals surface area contributed by atoms with Crippen molar-refractivity contribution in [2.45, 2.75) is 50.4 Å². The van der Waals surface area contributed by atoms with Crippen LogP contribution in [0, 0.1) is 0 Å². The summed E-state index contributed by atoms with van der Waals surface area (Å²) in [5, 5.41) is 0. The number of likely N-dealkylation sites (N-methyl/N-ethyl adjacent to an activating group) is 1.